The average molecular weight is 383 g/mol. The molecule has 1 aromatic heterocycles. The number of likely N-dealkylation sites (tertiary alicyclic amines) is 1. The van der Waals surface area contributed by atoms with Crippen LogP contribution in [-0.2, 0) is 13.0 Å². The van der Waals surface area contributed by atoms with Crippen LogP contribution in [0, 0.1) is 0 Å². The molecule has 1 aliphatic rings. The van der Waals surface area contributed by atoms with E-state index in [9.17, 15) is 0 Å². The van der Waals surface area contributed by atoms with Crippen molar-refractivity contribution in [1.29, 1.82) is 0 Å². The molecule has 3 rings (SSSR count). The van der Waals surface area contributed by atoms with Crippen molar-refractivity contribution in [3.05, 3.63) is 36.0 Å². The minimum absolute atomic E-state index is 0.739. The van der Waals surface area contributed by atoms with E-state index in [1.54, 1.807) is 0 Å². The Balaban J connectivity index is 1.39. The number of fused-ring (bicyclic) bond motifs is 1. The van der Waals surface area contributed by atoms with E-state index in [2.05, 4.69) is 53.9 Å². The number of rotatable bonds is 13. The van der Waals surface area contributed by atoms with Crippen LogP contribution in [0.25, 0.3) is 10.9 Å². The van der Waals surface area contributed by atoms with E-state index in [4.69, 9.17) is 0 Å². The van der Waals surface area contributed by atoms with E-state index in [1.807, 2.05) is 0 Å². The van der Waals surface area contributed by atoms with Gasteiger partial charge in [-0.2, -0.15) is 0 Å². The molecule has 0 unspecified atom stereocenters. The van der Waals surface area contributed by atoms with E-state index in [-0.39, 0.29) is 0 Å². The van der Waals surface area contributed by atoms with Gasteiger partial charge in [0.15, 0.2) is 0 Å². The smallest absolute Gasteiger partial charge is 0.0483 e. The first-order valence-electron chi connectivity index (χ1n) is 12.1. The summed E-state index contributed by atoms with van der Waals surface area (Å²) in [5, 5.41) is 1.40. The first-order valence-corrected chi connectivity index (χ1v) is 12.1. The van der Waals surface area contributed by atoms with Crippen LogP contribution in [-0.4, -0.2) is 29.1 Å². The number of nitrogens with zero attached hydrogens (tertiary/aromatic N) is 2. The molecule has 156 valence electrons. The molecule has 0 spiro atoms. The quantitative estimate of drug-likeness (QED) is 0.333. The van der Waals surface area contributed by atoms with Gasteiger partial charge >= 0.3 is 0 Å². The second-order valence-corrected chi connectivity index (χ2v) is 9.07. The summed E-state index contributed by atoms with van der Waals surface area (Å²) in [7, 11) is 2.28. The van der Waals surface area contributed by atoms with Crippen LogP contribution in [0.15, 0.2) is 30.5 Å². The highest BCUT2D eigenvalue weighted by atomic mass is 15.1. The van der Waals surface area contributed by atoms with Gasteiger partial charge in [0.2, 0.25) is 0 Å². The van der Waals surface area contributed by atoms with Gasteiger partial charge in [0.25, 0.3) is 0 Å². The number of likely N-dealkylation sites (N-methyl/N-ethyl adjacent to an activating group) is 1. The lowest BCUT2D eigenvalue weighted by atomic mass is 10.0. The van der Waals surface area contributed by atoms with Crippen molar-refractivity contribution in [3.63, 3.8) is 0 Å². The van der Waals surface area contributed by atoms with E-state index in [0.717, 1.165) is 6.04 Å². The highest BCUT2D eigenvalue weighted by molar-refractivity contribution is 5.80. The molecule has 2 nitrogen and oxygen atoms in total. The topological polar surface area (TPSA) is 8.17 Å². The van der Waals surface area contributed by atoms with E-state index < -0.39 is 0 Å². The maximum absolute atomic E-state index is 2.53. The van der Waals surface area contributed by atoms with Crippen LogP contribution in [0.2, 0.25) is 0 Å². The first kappa shape index (κ1) is 21.4. The summed E-state index contributed by atoms with van der Waals surface area (Å²) in [4.78, 5) is 2.53. The molecular formula is C26H42N2. The molecule has 0 amide bonds. The van der Waals surface area contributed by atoms with Crippen LogP contribution < -0.4 is 0 Å². The Kier molecular flexibility index (Phi) is 8.92. The third kappa shape index (κ3) is 6.37. The summed E-state index contributed by atoms with van der Waals surface area (Å²) in [5.74, 6) is 0. The maximum Gasteiger partial charge on any atom is 0.0483 e. The summed E-state index contributed by atoms with van der Waals surface area (Å²) >= 11 is 0. The molecular weight excluding hydrogens is 340 g/mol. The number of hydrogen-bond donors (Lipinski definition) is 0. The Hall–Kier alpha value is -1.28. The third-order valence-electron chi connectivity index (χ3n) is 6.73. The summed E-state index contributed by atoms with van der Waals surface area (Å²) in [6.45, 7) is 4.73. The zero-order valence-electron chi connectivity index (χ0n) is 18.5. The van der Waals surface area contributed by atoms with Gasteiger partial charge in [-0.3, -0.25) is 0 Å². The molecule has 1 fully saturated rings. The largest absolute Gasteiger partial charge is 0.347 e. The van der Waals surface area contributed by atoms with Crippen molar-refractivity contribution in [1.82, 2.24) is 9.47 Å². The normalized spacial score (nSPS) is 17.7. The SMILES string of the molecule is CCCCCCCCCCCCn1ccc2ccc(C[C@@H]3CCCN3C)cc21. The molecule has 0 radical (unpaired) electrons. The summed E-state index contributed by atoms with van der Waals surface area (Å²) in [6, 6.07) is 10.2. The zero-order chi connectivity index (χ0) is 19.6. The van der Waals surface area contributed by atoms with Crippen molar-refractivity contribution >= 4 is 10.9 Å². The monoisotopic (exact) mass is 382 g/mol. The minimum Gasteiger partial charge on any atom is -0.347 e. The highest BCUT2D eigenvalue weighted by Gasteiger charge is 2.21. The average Bonchev–Trinajstić information content (AvgIpc) is 3.29. The fourth-order valence-electron chi connectivity index (χ4n) is 4.83. The molecule has 2 heteroatoms. The molecule has 0 bridgehead atoms. The lowest BCUT2D eigenvalue weighted by Crippen LogP contribution is -2.26. The number of unbranched alkanes of at least 4 members (excludes halogenated alkanes) is 9. The summed E-state index contributed by atoms with van der Waals surface area (Å²) in [6.07, 6.45) is 20.3. The molecule has 0 aliphatic carbocycles. The molecule has 2 aromatic rings. The Morgan fingerprint density at radius 2 is 1.61 bits per heavy atom. The number of hydrogen-bond acceptors (Lipinski definition) is 1. The minimum atomic E-state index is 0.739. The highest BCUT2D eigenvalue weighted by Crippen LogP contribution is 2.23. The number of benzene rings is 1. The molecule has 2 heterocycles. The summed E-state index contributed by atoms with van der Waals surface area (Å²) in [5.41, 5.74) is 2.95. The van der Waals surface area contributed by atoms with Crippen LogP contribution in [0.5, 0.6) is 0 Å². The van der Waals surface area contributed by atoms with Gasteiger partial charge in [-0.05, 0) is 62.4 Å². The Morgan fingerprint density at radius 3 is 2.29 bits per heavy atom. The van der Waals surface area contributed by atoms with Crippen molar-refractivity contribution < 1.29 is 0 Å². The van der Waals surface area contributed by atoms with Crippen LogP contribution >= 0.6 is 0 Å². The molecule has 0 N–H and O–H groups in total. The van der Waals surface area contributed by atoms with Gasteiger partial charge in [0, 0.05) is 24.3 Å². The number of aromatic nitrogens is 1. The van der Waals surface area contributed by atoms with Gasteiger partial charge in [0.05, 0.1) is 0 Å². The van der Waals surface area contributed by atoms with Crippen LogP contribution in [0.1, 0.15) is 89.5 Å². The van der Waals surface area contributed by atoms with Crippen molar-refractivity contribution in [2.24, 2.45) is 0 Å². The zero-order valence-corrected chi connectivity index (χ0v) is 18.5. The molecule has 1 saturated heterocycles. The van der Waals surface area contributed by atoms with Crippen molar-refractivity contribution in [3.8, 4) is 0 Å². The molecule has 0 saturated carbocycles. The van der Waals surface area contributed by atoms with Gasteiger partial charge in [-0.25, -0.2) is 0 Å². The van der Waals surface area contributed by atoms with Crippen molar-refractivity contribution in [2.45, 2.75) is 103 Å². The van der Waals surface area contributed by atoms with E-state index in [0.29, 0.717) is 0 Å². The standard InChI is InChI=1S/C26H42N2/c1-3-4-5-6-7-8-9-10-11-12-19-28-20-17-24-16-15-23(22-26(24)28)21-25-14-13-18-27(25)2/h15-17,20,22,25H,3-14,18-19,21H2,1-2H3/t25-/m0/s1. The molecule has 1 aromatic carbocycles. The second-order valence-electron chi connectivity index (χ2n) is 9.07. The van der Waals surface area contributed by atoms with Gasteiger partial charge in [0.1, 0.15) is 0 Å². The van der Waals surface area contributed by atoms with E-state index >= 15 is 0 Å². The first-order chi connectivity index (χ1) is 13.8. The Labute approximate surface area is 173 Å². The number of aryl methyl sites for hydroxylation is 1. The maximum atomic E-state index is 2.53. The predicted octanol–water partition coefficient (Wildman–Crippen LogP) is 7.20. The molecule has 1 aliphatic heterocycles. The third-order valence-corrected chi connectivity index (χ3v) is 6.73. The van der Waals surface area contributed by atoms with Crippen LogP contribution in [0.3, 0.4) is 0 Å². The van der Waals surface area contributed by atoms with Gasteiger partial charge in [-0.1, -0.05) is 76.8 Å². The van der Waals surface area contributed by atoms with Gasteiger partial charge < -0.3 is 9.47 Å². The van der Waals surface area contributed by atoms with Crippen LogP contribution in [0.4, 0.5) is 0 Å². The van der Waals surface area contributed by atoms with Gasteiger partial charge in [-0.15, -0.1) is 0 Å². The predicted molar refractivity (Wildman–Crippen MR) is 123 cm³/mol. The second kappa shape index (κ2) is 11.7. The fourth-order valence-corrected chi connectivity index (χ4v) is 4.83. The summed E-state index contributed by atoms with van der Waals surface area (Å²) < 4.78 is 2.49. The Morgan fingerprint density at radius 1 is 0.893 bits per heavy atom. The molecule has 28 heavy (non-hydrogen) atoms. The lowest BCUT2D eigenvalue weighted by Gasteiger charge is -2.19. The fraction of sp³-hybridized carbons (Fsp3) is 0.692. The van der Waals surface area contributed by atoms with E-state index in [1.165, 1.54) is 113 Å². The Bertz CT molecular complexity index is 687. The van der Waals surface area contributed by atoms with Crippen molar-refractivity contribution in [2.75, 3.05) is 13.6 Å². The molecule has 1 atom stereocenters. The lowest BCUT2D eigenvalue weighted by molar-refractivity contribution is 0.309.